The molecule has 1 aromatic heterocycles. The Hall–Kier alpha value is -3.28. The summed E-state index contributed by atoms with van der Waals surface area (Å²) in [5.74, 6) is 0.171. The van der Waals surface area contributed by atoms with Crippen molar-refractivity contribution in [1.82, 2.24) is 0 Å². The maximum atomic E-state index is 13.0. The summed E-state index contributed by atoms with van der Waals surface area (Å²) in [7, 11) is 0. The molecule has 0 bridgehead atoms. The van der Waals surface area contributed by atoms with Crippen LogP contribution in [0.1, 0.15) is 54.2 Å². The highest BCUT2D eigenvalue weighted by Gasteiger charge is 2.22. The molecule has 2 heterocycles. The van der Waals surface area contributed by atoms with Crippen LogP contribution in [0.5, 0.6) is 0 Å². The number of fused-ring (bicyclic) bond motifs is 1. The maximum Gasteiger partial charge on any atom is 0.337 e. The van der Waals surface area contributed by atoms with Crippen LogP contribution >= 0.6 is 0 Å². The second-order valence-corrected chi connectivity index (χ2v) is 8.59. The molecule has 3 aromatic rings. The number of carboxylic acids is 1. The summed E-state index contributed by atoms with van der Waals surface area (Å²) in [6.45, 7) is 7.85. The number of benzene rings is 2. The largest absolute Gasteiger partial charge is 0.478 e. The molecule has 0 aliphatic carbocycles. The van der Waals surface area contributed by atoms with Gasteiger partial charge in [-0.05, 0) is 56.4 Å². The number of nitrogens with one attached hydrogen (secondary N) is 1. The predicted molar refractivity (Wildman–Crippen MR) is 123 cm³/mol. The van der Waals surface area contributed by atoms with Gasteiger partial charge in [0.1, 0.15) is 5.58 Å². The number of aromatic carboxylic acids is 1. The fraction of sp³-hybridized carbons (Fsp3) is 0.360. The molecule has 1 aliphatic rings. The number of para-hydroxylation sites is 1. The zero-order valence-corrected chi connectivity index (χ0v) is 18.1. The summed E-state index contributed by atoms with van der Waals surface area (Å²) >= 11 is 0. The number of anilines is 2. The molecular weight excluding hydrogens is 392 g/mol. The van der Waals surface area contributed by atoms with Crippen LogP contribution in [0.4, 0.5) is 11.6 Å². The minimum Gasteiger partial charge on any atom is -0.478 e. The normalized spacial score (nSPS) is 17.5. The minimum absolute atomic E-state index is 0.0578. The van der Waals surface area contributed by atoms with Crippen molar-refractivity contribution in [3.05, 3.63) is 69.4 Å². The number of piperidine rings is 1. The average Bonchev–Trinajstić information content (AvgIpc) is 2.74. The maximum absolute atomic E-state index is 13.0. The quantitative estimate of drug-likeness (QED) is 0.590. The van der Waals surface area contributed by atoms with Crippen molar-refractivity contribution >= 4 is 28.5 Å². The van der Waals surface area contributed by atoms with Gasteiger partial charge in [0.15, 0.2) is 11.3 Å². The first-order valence-electron chi connectivity index (χ1n) is 10.8. The van der Waals surface area contributed by atoms with E-state index in [-0.39, 0.29) is 17.0 Å². The zero-order valence-electron chi connectivity index (χ0n) is 18.1. The Bertz CT molecular complexity index is 1180. The van der Waals surface area contributed by atoms with E-state index in [1.54, 1.807) is 30.3 Å². The zero-order chi connectivity index (χ0) is 22.1. The molecule has 1 aliphatic heterocycles. The molecular formula is C25H28N2O4. The number of nitrogens with zero attached hydrogens (tertiary/aromatic N) is 1. The first-order valence-corrected chi connectivity index (χ1v) is 10.8. The van der Waals surface area contributed by atoms with Crippen molar-refractivity contribution in [3.63, 3.8) is 0 Å². The highest BCUT2D eigenvalue weighted by atomic mass is 16.4. The molecule has 162 valence electrons. The number of hydrogen-bond acceptors (Lipinski definition) is 5. The molecule has 6 heteroatoms. The van der Waals surface area contributed by atoms with Gasteiger partial charge >= 0.3 is 5.97 Å². The third-order valence-electron chi connectivity index (χ3n) is 5.95. The molecule has 0 radical (unpaired) electrons. The van der Waals surface area contributed by atoms with Gasteiger partial charge in [-0.1, -0.05) is 25.1 Å². The van der Waals surface area contributed by atoms with Gasteiger partial charge < -0.3 is 19.7 Å². The van der Waals surface area contributed by atoms with E-state index in [9.17, 15) is 14.7 Å². The Morgan fingerprint density at radius 3 is 2.77 bits per heavy atom. The van der Waals surface area contributed by atoms with E-state index < -0.39 is 5.97 Å². The summed E-state index contributed by atoms with van der Waals surface area (Å²) in [5, 5.41) is 13.3. The van der Waals surface area contributed by atoms with Crippen LogP contribution in [0, 0.1) is 12.8 Å². The Kier molecular flexibility index (Phi) is 5.72. The highest BCUT2D eigenvalue weighted by Crippen LogP contribution is 2.31. The number of carboxylic acid groups (broad SMARTS) is 1. The molecule has 2 unspecified atom stereocenters. The Morgan fingerprint density at radius 2 is 2.03 bits per heavy atom. The third-order valence-corrected chi connectivity index (χ3v) is 5.95. The smallest absolute Gasteiger partial charge is 0.337 e. The van der Waals surface area contributed by atoms with Crippen molar-refractivity contribution in [2.24, 2.45) is 5.92 Å². The number of carbonyl (C=O) groups is 1. The molecule has 0 amide bonds. The molecule has 31 heavy (non-hydrogen) atoms. The lowest BCUT2D eigenvalue weighted by Crippen LogP contribution is -2.34. The number of aryl methyl sites for hydroxylation is 1. The molecule has 1 saturated heterocycles. The van der Waals surface area contributed by atoms with Crippen LogP contribution < -0.4 is 15.6 Å². The summed E-state index contributed by atoms with van der Waals surface area (Å²) < 4.78 is 6.32. The summed E-state index contributed by atoms with van der Waals surface area (Å²) in [6, 6.07) is 12.0. The predicted octanol–water partition coefficient (Wildman–Crippen LogP) is 5.21. The molecule has 6 nitrogen and oxygen atoms in total. The number of hydrogen-bond donors (Lipinski definition) is 2. The van der Waals surface area contributed by atoms with Crippen LogP contribution in [0.25, 0.3) is 11.0 Å². The van der Waals surface area contributed by atoms with Crippen LogP contribution in [0.15, 0.2) is 51.7 Å². The van der Waals surface area contributed by atoms with Crippen molar-refractivity contribution in [2.75, 3.05) is 23.3 Å². The van der Waals surface area contributed by atoms with Gasteiger partial charge in [-0.25, -0.2) is 4.79 Å². The Morgan fingerprint density at radius 1 is 1.26 bits per heavy atom. The van der Waals surface area contributed by atoms with E-state index in [2.05, 4.69) is 17.1 Å². The lowest BCUT2D eigenvalue weighted by atomic mass is 9.99. The fourth-order valence-electron chi connectivity index (χ4n) is 4.40. The second-order valence-electron chi connectivity index (χ2n) is 8.59. The monoisotopic (exact) mass is 420 g/mol. The first kappa shape index (κ1) is 21.0. The van der Waals surface area contributed by atoms with Gasteiger partial charge in [-0.3, -0.25) is 4.79 Å². The third kappa shape index (κ3) is 4.29. The van der Waals surface area contributed by atoms with Crippen LogP contribution in [-0.4, -0.2) is 24.2 Å². The summed E-state index contributed by atoms with van der Waals surface area (Å²) in [6.07, 6.45) is 2.26. The van der Waals surface area contributed by atoms with Gasteiger partial charge in [-0.2, -0.15) is 0 Å². The van der Waals surface area contributed by atoms with Crippen molar-refractivity contribution in [3.8, 4) is 0 Å². The minimum atomic E-state index is -0.988. The van der Waals surface area contributed by atoms with Crippen LogP contribution in [0.3, 0.4) is 0 Å². The average molecular weight is 421 g/mol. The molecule has 2 N–H and O–H groups in total. The van der Waals surface area contributed by atoms with Crippen molar-refractivity contribution < 1.29 is 14.3 Å². The lowest BCUT2D eigenvalue weighted by molar-refractivity contribution is 0.0698. The van der Waals surface area contributed by atoms with Gasteiger partial charge in [0.05, 0.1) is 17.0 Å². The van der Waals surface area contributed by atoms with E-state index in [1.165, 1.54) is 6.42 Å². The van der Waals surface area contributed by atoms with E-state index in [0.717, 1.165) is 30.6 Å². The van der Waals surface area contributed by atoms with Crippen molar-refractivity contribution in [2.45, 2.75) is 39.7 Å². The Labute approximate surface area is 181 Å². The van der Waals surface area contributed by atoms with Gasteiger partial charge in [0, 0.05) is 30.4 Å². The Balaban J connectivity index is 1.78. The van der Waals surface area contributed by atoms with E-state index in [4.69, 9.17) is 4.42 Å². The standard InChI is InChI=1S/C25H28N2O4/c1-15-7-6-10-27(14-15)23-13-22(28)20-12-16(2)11-19(24(20)31-23)17(3)26-21-9-5-4-8-18(21)25(29)30/h4-5,8-9,11-13,15,17,26H,6-7,10,14H2,1-3H3,(H,29,30). The molecule has 2 atom stereocenters. The van der Waals surface area contributed by atoms with E-state index in [0.29, 0.717) is 28.5 Å². The highest BCUT2D eigenvalue weighted by molar-refractivity contribution is 5.94. The number of rotatable bonds is 5. The van der Waals surface area contributed by atoms with E-state index >= 15 is 0 Å². The topological polar surface area (TPSA) is 82.8 Å². The van der Waals surface area contributed by atoms with E-state index in [1.807, 2.05) is 26.0 Å². The van der Waals surface area contributed by atoms with Crippen LogP contribution in [-0.2, 0) is 0 Å². The molecule has 1 fully saturated rings. The molecule has 0 saturated carbocycles. The SMILES string of the molecule is Cc1cc(C(C)Nc2ccccc2C(=O)O)c2oc(N3CCCC(C)C3)cc(=O)c2c1. The summed E-state index contributed by atoms with van der Waals surface area (Å²) in [4.78, 5) is 26.7. The van der Waals surface area contributed by atoms with Gasteiger partial charge in [0.25, 0.3) is 0 Å². The lowest BCUT2D eigenvalue weighted by Gasteiger charge is -2.31. The summed E-state index contributed by atoms with van der Waals surface area (Å²) in [5.41, 5.74) is 3.02. The molecule has 0 spiro atoms. The first-order chi connectivity index (χ1) is 14.8. The fourth-order valence-corrected chi connectivity index (χ4v) is 4.40. The van der Waals surface area contributed by atoms with Crippen LogP contribution in [0.2, 0.25) is 0 Å². The molecule has 2 aromatic carbocycles. The van der Waals surface area contributed by atoms with Gasteiger partial charge in [-0.15, -0.1) is 0 Å². The molecule has 4 rings (SSSR count). The second kappa shape index (κ2) is 8.46. The van der Waals surface area contributed by atoms with Gasteiger partial charge in [0.2, 0.25) is 0 Å². The van der Waals surface area contributed by atoms with Crippen molar-refractivity contribution in [1.29, 1.82) is 0 Å².